The van der Waals surface area contributed by atoms with E-state index in [2.05, 4.69) is 35.4 Å². The fraction of sp³-hybridized carbons (Fsp3) is 0.500. The number of allylic oxidation sites excluding steroid dienone is 1. The normalized spacial score (nSPS) is 15.9. The van der Waals surface area contributed by atoms with Gasteiger partial charge in [0.1, 0.15) is 11.6 Å². The number of nitrogens with zero attached hydrogens (tertiary/aromatic N) is 4. The summed E-state index contributed by atoms with van der Waals surface area (Å²) in [6.07, 6.45) is 4.90. The third kappa shape index (κ3) is 6.03. The number of aromatic nitrogens is 2. The van der Waals surface area contributed by atoms with Crippen LogP contribution in [0, 0.1) is 6.92 Å². The summed E-state index contributed by atoms with van der Waals surface area (Å²) in [5.74, 6) is 1.88. The molecule has 1 N–H and O–H groups in total. The van der Waals surface area contributed by atoms with Gasteiger partial charge in [0.15, 0.2) is 0 Å². The molecule has 1 saturated heterocycles. The lowest BCUT2D eigenvalue weighted by Crippen LogP contribution is -2.49. The van der Waals surface area contributed by atoms with E-state index in [-0.39, 0.29) is 6.10 Å². The van der Waals surface area contributed by atoms with Gasteiger partial charge in [-0.2, -0.15) is 0 Å². The second-order valence-corrected chi connectivity index (χ2v) is 8.42. The highest BCUT2D eigenvalue weighted by molar-refractivity contribution is 6.30. The monoisotopic (exact) mass is 428 g/mol. The first-order valence-corrected chi connectivity index (χ1v) is 11.2. The summed E-state index contributed by atoms with van der Waals surface area (Å²) in [6, 6.07) is 8.03. The van der Waals surface area contributed by atoms with Crippen molar-refractivity contribution in [2.75, 3.05) is 37.6 Å². The smallest absolute Gasteiger partial charge is 0.136 e. The minimum Gasteiger partial charge on any atom is -0.392 e. The fourth-order valence-corrected chi connectivity index (χ4v) is 4.15. The van der Waals surface area contributed by atoms with Crippen molar-refractivity contribution in [1.82, 2.24) is 14.9 Å². The quantitative estimate of drug-likeness (QED) is 0.611. The molecule has 1 aromatic carbocycles. The average molecular weight is 429 g/mol. The minimum atomic E-state index is -0.289. The maximum atomic E-state index is 10.2. The standard InChI is InChI=1S/C24H33ClN4O/c1-4-6-7-21(30)17-28-12-14-29(15-13-28)24-22(23(5-2)26-18(3)27-24)16-19-8-10-20(25)11-9-19/h4,8-11,21,30H,1,5-7,12-17H2,2-3H3/t21-/m1/s1. The highest BCUT2D eigenvalue weighted by Crippen LogP contribution is 2.26. The number of aliphatic hydroxyl groups excluding tert-OH is 1. The van der Waals surface area contributed by atoms with E-state index < -0.39 is 0 Å². The Kier molecular flexibility index (Phi) is 8.25. The van der Waals surface area contributed by atoms with Crippen molar-refractivity contribution < 1.29 is 5.11 Å². The van der Waals surface area contributed by atoms with Gasteiger partial charge in [0.25, 0.3) is 0 Å². The van der Waals surface area contributed by atoms with Crippen LogP contribution in [0.15, 0.2) is 36.9 Å². The SMILES string of the molecule is C=CCC[C@@H](O)CN1CCN(c2nc(C)nc(CC)c2Cc2ccc(Cl)cc2)CC1. The molecule has 0 spiro atoms. The molecule has 30 heavy (non-hydrogen) atoms. The number of aryl methyl sites for hydroxylation is 2. The Balaban J connectivity index is 1.74. The Hall–Kier alpha value is -1.95. The summed E-state index contributed by atoms with van der Waals surface area (Å²) < 4.78 is 0. The van der Waals surface area contributed by atoms with Gasteiger partial charge in [0.2, 0.25) is 0 Å². The number of hydrogen-bond acceptors (Lipinski definition) is 5. The third-order valence-electron chi connectivity index (χ3n) is 5.66. The van der Waals surface area contributed by atoms with Gasteiger partial charge in [-0.3, -0.25) is 4.90 Å². The molecule has 0 saturated carbocycles. The molecular formula is C24H33ClN4O. The number of anilines is 1. The summed E-state index contributed by atoms with van der Waals surface area (Å²) >= 11 is 6.06. The van der Waals surface area contributed by atoms with Crippen molar-refractivity contribution in [2.24, 2.45) is 0 Å². The molecule has 0 amide bonds. The Morgan fingerprint density at radius 2 is 1.87 bits per heavy atom. The summed E-state index contributed by atoms with van der Waals surface area (Å²) in [7, 11) is 0. The predicted octanol–water partition coefficient (Wildman–Crippen LogP) is 4.04. The first-order valence-electron chi connectivity index (χ1n) is 10.9. The lowest BCUT2D eigenvalue weighted by molar-refractivity contribution is 0.103. The number of benzene rings is 1. The van der Waals surface area contributed by atoms with Crippen LogP contribution in [0.1, 0.15) is 42.4 Å². The molecule has 1 aromatic heterocycles. The lowest BCUT2D eigenvalue weighted by Gasteiger charge is -2.37. The van der Waals surface area contributed by atoms with Crippen LogP contribution < -0.4 is 4.90 Å². The Morgan fingerprint density at radius 1 is 1.17 bits per heavy atom. The summed E-state index contributed by atoms with van der Waals surface area (Å²) in [5.41, 5.74) is 3.55. The number of hydrogen-bond donors (Lipinski definition) is 1. The number of rotatable bonds is 9. The molecule has 1 atom stereocenters. The number of aliphatic hydroxyl groups is 1. The zero-order chi connectivity index (χ0) is 21.5. The van der Waals surface area contributed by atoms with Crippen molar-refractivity contribution in [1.29, 1.82) is 0 Å². The van der Waals surface area contributed by atoms with E-state index in [4.69, 9.17) is 21.6 Å². The van der Waals surface area contributed by atoms with E-state index in [1.54, 1.807) is 0 Å². The second-order valence-electron chi connectivity index (χ2n) is 7.98. The number of halogens is 1. The molecule has 1 aliphatic rings. The largest absolute Gasteiger partial charge is 0.392 e. The van der Waals surface area contributed by atoms with Crippen LogP contribution in [0.5, 0.6) is 0 Å². The molecule has 3 rings (SSSR count). The summed E-state index contributed by atoms with van der Waals surface area (Å²) in [4.78, 5) is 14.3. The van der Waals surface area contributed by atoms with Crippen molar-refractivity contribution in [2.45, 2.75) is 45.6 Å². The average Bonchev–Trinajstić information content (AvgIpc) is 2.75. The van der Waals surface area contributed by atoms with E-state index in [0.29, 0.717) is 0 Å². The molecule has 5 nitrogen and oxygen atoms in total. The van der Waals surface area contributed by atoms with Crippen LogP contribution in [0.4, 0.5) is 5.82 Å². The van der Waals surface area contributed by atoms with Gasteiger partial charge in [0, 0.05) is 55.4 Å². The van der Waals surface area contributed by atoms with E-state index >= 15 is 0 Å². The van der Waals surface area contributed by atoms with Gasteiger partial charge in [-0.1, -0.05) is 36.7 Å². The van der Waals surface area contributed by atoms with Crippen LogP contribution in [-0.4, -0.2) is 58.8 Å². The molecule has 162 valence electrons. The summed E-state index contributed by atoms with van der Waals surface area (Å²) in [5, 5.41) is 11.0. The number of piperazine rings is 1. The maximum absolute atomic E-state index is 10.2. The zero-order valence-electron chi connectivity index (χ0n) is 18.1. The first kappa shape index (κ1) is 22.7. The Bertz CT molecular complexity index is 832. The lowest BCUT2D eigenvalue weighted by atomic mass is 10.0. The molecule has 2 heterocycles. The van der Waals surface area contributed by atoms with Gasteiger partial charge >= 0.3 is 0 Å². The van der Waals surface area contributed by atoms with Crippen LogP contribution >= 0.6 is 11.6 Å². The minimum absolute atomic E-state index is 0.289. The van der Waals surface area contributed by atoms with E-state index in [0.717, 1.165) is 80.8 Å². The Labute approximate surface area is 185 Å². The van der Waals surface area contributed by atoms with Gasteiger partial charge in [-0.25, -0.2) is 9.97 Å². The van der Waals surface area contributed by atoms with Crippen LogP contribution in [0.3, 0.4) is 0 Å². The fourth-order valence-electron chi connectivity index (χ4n) is 4.02. The van der Waals surface area contributed by atoms with E-state index in [9.17, 15) is 5.11 Å². The molecule has 0 aliphatic carbocycles. The molecular weight excluding hydrogens is 396 g/mol. The highest BCUT2D eigenvalue weighted by atomic mass is 35.5. The molecule has 6 heteroatoms. The maximum Gasteiger partial charge on any atom is 0.136 e. The van der Waals surface area contributed by atoms with Gasteiger partial charge in [0.05, 0.1) is 6.10 Å². The van der Waals surface area contributed by atoms with Crippen LogP contribution in [0.2, 0.25) is 5.02 Å². The highest BCUT2D eigenvalue weighted by Gasteiger charge is 2.24. The molecule has 1 aliphatic heterocycles. The second kappa shape index (κ2) is 10.9. The van der Waals surface area contributed by atoms with Crippen molar-refractivity contribution in [3.05, 3.63) is 64.6 Å². The van der Waals surface area contributed by atoms with E-state index in [1.807, 2.05) is 25.1 Å². The molecule has 0 unspecified atom stereocenters. The van der Waals surface area contributed by atoms with Gasteiger partial charge < -0.3 is 10.0 Å². The van der Waals surface area contributed by atoms with E-state index in [1.165, 1.54) is 11.1 Å². The molecule has 0 radical (unpaired) electrons. The summed E-state index contributed by atoms with van der Waals surface area (Å²) in [6.45, 7) is 12.2. The molecule has 2 aromatic rings. The van der Waals surface area contributed by atoms with Crippen molar-refractivity contribution in [3.8, 4) is 0 Å². The number of β-amino-alcohol motifs (C(OH)–C–C–N with tert-alkyl or cyclic N) is 1. The first-order chi connectivity index (χ1) is 14.5. The van der Waals surface area contributed by atoms with Crippen LogP contribution in [0.25, 0.3) is 0 Å². The molecule has 1 fully saturated rings. The Morgan fingerprint density at radius 3 is 2.50 bits per heavy atom. The topological polar surface area (TPSA) is 52.5 Å². The van der Waals surface area contributed by atoms with Crippen LogP contribution in [-0.2, 0) is 12.8 Å². The van der Waals surface area contributed by atoms with Crippen molar-refractivity contribution >= 4 is 17.4 Å². The zero-order valence-corrected chi connectivity index (χ0v) is 18.9. The van der Waals surface area contributed by atoms with Gasteiger partial charge in [-0.15, -0.1) is 6.58 Å². The van der Waals surface area contributed by atoms with Crippen molar-refractivity contribution in [3.63, 3.8) is 0 Å². The van der Waals surface area contributed by atoms with Gasteiger partial charge in [-0.05, 0) is 43.9 Å². The predicted molar refractivity (Wildman–Crippen MR) is 124 cm³/mol. The molecule has 0 bridgehead atoms. The third-order valence-corrected chi connectivity index (χ3v) is 5.91.